The Morgan fingerprint density at radius 1 is 1.17 bits per heavy atom. The summed E-state index contributed by atoms with van der Waals surface area (Å²) in [5.41, 5.74) is 0.630. The quantitative estimate of drug-likeness (QED) is 0.813. The number of aliphatic hydroxyl groups is 2. The van der Waals surface area contributed by atoms with Crippen LogP contribution in [0.15, 0.2) is 36.7 Å². The molecule has 2 atom stereocenters. The maximum atomic E-state index is 10.4. The second-order valence-corrected chi connectivity index (χ2v) is 8.46. The SMILES string of the molecule is COc1ccc(-c2ncc(CN3CCC4(CC3)C[C@](C)(O)[C@@H](O)CO4)cn2)cc1. The van der Waals surface area contributed by atoms with Gasteiger partial charge in [-0.2, -0.15) is 0 Å². The number of rotatable bonds is 4. The summed E-state index contributed by atoms with van der Waals surface area (Å²) in [5.74, 6) is 1.51. The van der Waals surface area contributed by atoms with E-state index in [2.05, 4.69) is 14.9 Å². The van der Waals surface area contributed by atoms with Gasteiger partial charge in [-0.15, -0.1) is 0 Å². The number of hydrogen-bond donors (Lipinski definition) is 2. The largest absolute Gasteiger partial charge is 0.497 e. The van der Waals surface area contributed by atoms with Crippen molar-refractivity contribution in [3.05, 3.63) is 42.2 Å². The lowest BCUT2D eigenvalue weighted by Crippen LogP contribution is -2.59. The van der Waals surface area contributed by atoms with Crippen molar-refractivity contribution in [2.45, 2.75) is 50.0 Å². The fourth-order valence-corrected chi connectivity index (χ4v) is 4.28. The highest BCUT2D eigenvalue weighted by Crippen LogP contribution is 2.39. The van der Waals surface area contributed by atoms with Crippen LogP contribution < -0.4 is 4.74 Å². The Balaban J connectivity index is 1.34. The lowest BCUT2D eigenvalue weighted by molar-refractivity contribution is -0.223. The molecule has 2 aliphatic heterocycles. The summed E-state index contributed by atoms with van der Waals surface area (Å²) in [4.78, 5) is 11.4. The number of hydrogen-bond acceptors (Lipinski definition) is 7. The van der Waals surface area contributed by atoms with Gasteiger partial charge in [0.25, 0.3) is 0 Å². The molecule has 7 heteroatoms. The molecule has 2 aromatic rings. The van der Waals surface area contributed by atoms with Crippen LogP contribution >= 0.6 is 0 Å². The Labute approximate surface area is 171 Å². The van der Waals surface area contributed by atoms with Crippen LogP contribution in [0, 0.1) is 0 Å². The van der Waals surface area contributed by atoms with Crippen molar-refractivity contribution in [3.63, 3.8) is 0 Å². The van der Waals surface area contributed by atoms with Gasteiger partial charge in [-0.25, -0.2) is 9.97 Å². The van der Waals surface area contributed by atoms with E-state index in [1.165, 1.54) is 0 Å². The second kappa shape index (κ2) is 7.99. The topological polar surface area (TPSA) is 87.9 Å². The first kappa shape index (κ1) is 20.2. The minimum Gasteiger partial charge on any atom is -0.497 e. The minimum absolute atomic E-state index is 0.202. The van der Waals surface area contributed by atoms with Crippen LogP contribution in [0.25, 0.3) is 11.4 Å². The van der Waals surface area contributed by atoms with Crippen LogP contribution in [-0.4, -0.2) is 69.2 Å². The monoisotopic (exact) mass is 399 g/mol. The zero-order valence-electron chi connectivity index (χ0n) is 17.0. The number of ether oxygens (including phenoxy) is 2. The van der Waals surface area contributed by atoms with Crippen LogP contribution in [-0.2, 0) is 11.3 Å². The molecule has 7 nitrogen and oxygen atoms in total. The number of benzene rings is 1. The van der Waals surface area contributed by atoms with Gasteiger partial charge in [-0.05, 0) is 44.0 Å². The standard InChI is InChI=1S/C22H29N3O4/c1-21(27)15-22(29-14-19(21)26)7-9-25(10-8-22)13-16-11-23-20(24-12-16)17-3-5-18(28-2)6-4-17/h3-6,11-12,19,26-27H,7-10,13-15H2,1-2H3/t19-,21-/m0/s1. The van der Waals surface area contributed by atoms with E-state index in [0.29, 0.717) is 12.2 Å². The highest BCUT2D eigenvalue weighted by molar-refractivity contribution is 5.55. The Kier molecular flexibility index (Phi) is 5.57. The van der Waals surface area contributed by atoms with Gasteiger partial charge in [0.2, 0.25) is 0 Å². The molecule has 2 N–H and O–H groups in total. The Morgan fingerprint density at radius 3 is 2.41 bits per heavy atom. The van der Waals surface area contributed by atoms with E-state index in [9.17, 15) is 10.2 Å². The van der Waals surface area contributed by atoms with E-state index in [4.69, 9.17) is 9.47 Å². The van der Waals surface area contributed by atoms with Gasteiger partial charge >= 0.3 is 0 Å². The van der Waals surface area contributed by atoms with E-state index >= 15 is 0 Å². The Morgan fingerprint density at radius 2 is 1.83 bits per heavy atom. The van der Waals surface area contributed by atoms with Gasteiger partial charge in [0, 0.05) is 49.6 Å². The maximum absolute atomic E-state index is 10.4. The smallest absolute Gasteiger partial charge is 0.159 e. The molecule has 0 saturated carbocycles. The molecule has 3 heterocycles. The molecular weight excluding hydrogens is 370 g/mol. The maximum Gasteiger partial charge on any atom is 0.159 e. The van der Waals surface area contributed by atoms with Crippen LogP contribution in [0.2, 0.25) is 0 Å². The molecule has 2 aliphatic rings. The minimum atomic E-state index is -1.08. The number of likely N-dealkylation sites (tertiary alicyclic amines) is 1. The number of nitrogens with zero attached hydrogens (tertiary/aromatic N) is 3. The Hall–Kier alpha value is -2.06. The normalized spacial score (nSPS) is 27.1. The third-order valence-electron chi connectivity index (χ3n) is 6.17. The fraction of sp³-hybridized carbons (Fsp3) is 0.545. The van der Waals surface area contributed by atoms with Crippen LogP contribution in [0.1, 0.15) is 31.7 Å². The molecule has 0 radical (unpaired) electrons. The molecular formula is C22H29N3O4. The van der Waals surface area contributed by atoms with Crippen molar-refractivity contribution in [1.82, 2.24) is 14.9 Å². The van der Waals surface area contributed by atoms with Crippen LogP contribution in [0.3, 0.4) is 0 Å². The highest BCUT2D eigenvalue weighted by Gasteiger charge is 2.48. The zero-order chi connectivity index (χ0) is 20.5. The summed E-state index contributed by atoms with van der Waals surface area (Å²) in [6.45, 7) is 4.46. The highest BCUT2D eigenvalue weighted by atomic mass is 16.5. The van der Waals surface area contributed by atoms with Crippen molar-refractivity contribution in [1.29, 1.82) is 0 Å². The third-order valence-corrected chi connectivity index (χ3v) is 6.17. The van der Waals surface area contributed by atoms with Crippen LogP contribution in [0.5, 0.6) is 5.75 Å². The molecule has 1 spiro atoms. The summed E-state index contributed by atoms with van der Waals surface area (Å²) >= 11 is 0. The van der Waals surface area contributed by atoms with Crippen molar-refractivity contribution in [3.8, 4) is 17.1 Å². The van der Waals surface area contributed by atoms with Gasteiger partial charge in [0.05, 0.1) is 24.9 Å². The van der Waals surface area contributed by atoms with Crippen LogP contribution in [0.4, 0.5) is 0 Å². The van der Waals surface area contributed by atoms with Gasteiger partial charge in [-0.1, -0.05) is 0 Å². The molecule has 2 fully saturated rings. The van der Waals surface area contributed by atoms with E-state index in [-0.39, 0.29) is 12.2 Å². The molecule has 0 bridgehead atoms. The first-order valence-corrected chi connectivity index (χ1v) is 10.1. The first-order chi connectivity index (χ1) is 13.9. The van der Waals surface area contributed by atoms with Crippen molar-refractivity contribution in [2.24, 2.45) is 0 Å². The molecule has 1 aromatic heterocycles. The average molecular weight is 399 g/mol. The van der Waals surface area contributed by atoms with E-state index in [0.717, 1.165) is 49.4 Å². The lowest BCUT2D eigenvalue weighted by atomic mass is 9.76. The van der Waals surface area contributed by atoms with E-state index in [1.54, 1.807) is 14.0 Å². The zero-order valence-corrected chi connectivity index (χ0v) is 17.0. The molecule has 156 valence electrons. The van der Waals surface area contributed by atoms with Gasteiger partial charge in [-0.3, -0.25) is 4.90 Å². The molecule has 0 unspecified atom stereocenters. The number of aromatic nitrogens is 2. The summed E-state index contributed by atoms with van der Waals surface area (Å²) in [5, 5.41) is 20.4. The van der Waals surface area contributed by atoms with Crippen molar-refractivity contribution >= 4 is 0 Å². The molecule has 0 aliphatic carbocycles. The molecule has 29 heavy (non-hydrogen) atoms. The lowest BCUT2D eigenvalue weighted by Gasteiger charge is -2.49. The Bertz CT molecular complexity index is 815. The van der Waals surface area contributed by atoms with Gasteiger partial charge < -0.3 is 19.7 Å². The summed E-state index contributed by atoms with van der Waals surface area (Å²) in [6.07, 6.45) is 5.13. The summed E-state index contributed by atoms with van der Waals surface area (Å²) < 4.78 is 11.1. The third kappa shape index (κ3) is 4.43. The second-order valence-electron chi connectivity index (χ2n) is 8.46. The average Bonchev–Trinajstić information content (AvgIpc) is 2.73. The number of methoxy groups -OCH3 is 1. The summed E-state index contributed by atoms with van der Waals surface area (Å²) in [7, 11) is 1.65. The van der Waals surface area contributed by atoms with E-state index < -0.39 is 11.7 Å². The van der Waals surface area contributed by atoms with Crippen molar-refractivity contribution in [2.75, 3.05) is 26.8 Å². The van der Waals surface area contributed by atoms with Crippen molar-refractivity contribution < 1.29 is 19.7 Å². The molecule has 2 saturated heterocycles. The predicted molar refractivity (Wildman–Crippen MR) is 108 cm³/mol. The first-order valence-electron chi connectivity index (χ1n) is 10.1. The molecule has 4 rings (SSSR count). The predicted octanol–water partition coefficient (Wildman–Crippen LogP) is 2.02. The number of aliphatic hydroxyl groups excluding tert-OH is 1. The van der Waals surface area contributed by atoms with E-state index in [1.807, 2.05) is 36.7 Å². The van der Waals surface area contributed by atoms with Gasteiger partial charge in [0.15, 0.2) is 5.82 Å². The summed E-state index contributed by atoms with van der Waals surface area (Å²) in [6, 6.07) is 7.71. The number of piperidine rings is 1. The fourth-order valence-electron chi connectivity index (χ4n) is 4.28. The molecule has 0 amide bonds. The van der Waals surface area contributed by atoms with Gasteiger partial charge in [0.1, 0.15) is 11.9 Å². The molecule has 1 aromatic carbocycles.